The lowest BCUT2D eigenvalue weighted by atomic mass is 10.2. The number of halogens is 1. The molecule has 0 spiro atoms. The number of nitrogens with one attached hydrogen (secondary N) is 2. The van der Waals surface area contributed by atoms with Crippen LogP contribution in [0.5, 0.6) is 5.75 Å². The number of amides is 2. The number of carbonyl (C=O) groups is 2. The van der Waals surface area contributed by atoms with E-state index < -0.39 is 0 Å². The van der Waals surface area contributed by atoms with Crippen molar-refractivity contribution in [2.24, 2.45) is 0 Å². The summed E-state index contributed by atoms with van der Waals surface area (Å²) in [6.07, 6.45) is 1.33. The zero-order valence-corrected chi connectivity index (χ0v) is 14.7. The topological polar surface area (TPSA) is 70.7 Å². The first kappa shape index (κ1) is 21.2. The van der Waals surface area contributed by atoms with Crippen LogP contribution in [0.1, 0.15) is 18.4 Å². The van der Waals surface area contributed by atoms with Crippen LogP contribution in [-0.2, 0) is 16.1 Å². The Hall–Kier alpha value is -1.79. The quantitative estimate of drug-likeness (QED) is 0.661. The molecule has 0 atom stereocenters. The molecule has 0 saturated carbocycles. The predicted molar refractivity (Wildman–Crippen MR) is 92.9 cm³/mol. The van der Waals surface area contributed by atoms with E-state index in [4.69, 9.17) is 4.74 Å². The van der Waals surface area contributed by atoms with E-state index in [2.05, 4.69) is 10.6 Å². The maximum absolute atomic E-state index is 11.6. The molecule has 0 saturated heterocycles. The van der Waals surface area contributed by atoms with Gasteiger partial charge in [0.05, 0.1) is 0 Å². The van der Waals surface area contributed by atoms with Gasteiger partial charge in [0.25, 0.3) is 5.91 Å². The predicted octanol–water partition coefficient (Wildman–Crippen LogP) is 1.19. The summed E-state index contributed by atoms with van der Waals surface area (Å²) in [6, 6.07) is 7.38. The molecule has 0 radical (unpaired) electrons. The fourth-order valence-corrected chi connectivity index (χ4v) is 1.73. The van der Waals surface area contributed by atoms with E-state index >= 15 is 0 Å². The van der Waals surface area contributed by atoms with Crippen LogP contribution in [0, 0.1) is 0 Å². The van der Waals surface area contributed by atoms with Gasteiger partial charge >= 0.3 is 0 Å². The molecular formula is C16H26ClN3O3. The van der Waals surface area contributed by atoms with Crippen LogP contribution < -0.4 is 15.4 Å². The highest BCUT2D eigenvalue weighted by Crippen LogP contribution is 2.13. The summed E-state index contributed by atoms with van der Waals surface area (Å²) in [6.45, 7) is 1.29. The van der Waals surface area contributed by atoms with E-state index in [1.165, 1.54) is 4.90 Å². The number of ether oxygens (including phenoxy) is 1. The Kier molecular flexibility index (Phi) is 10.8. The third-order valence-corrected chi connectivity index (χ3v) is 3.08. The van der Waals surface area contributed by atoms with Crippen molar-refractivity contribution in [3.05, 3.63) is 29.8 Å². The number of benzene rings is 1. The summed E-state index contributed by atoms with van der Waals surface area (Å²) in [5, 5.41) is 5.88. The highest BCUT2D eigenvalue weighted by Gasteiger charge is 2.06. The van der Waals surface area contributed by atoms with Gasteiger partial charge in [-0.1, -0.05) is 12.1 Å². The van der Waals surface area contributed by atoms with Crippen molar-refractivity contribution in [1.82, 2.24) is 15.5 Å². The average Bonchev–Trinajstić information content (AvgIpc) is 2.51. The Balaban J connectivity index is 0.00000484. The molecule has 0 unspecified atom stereocenters. The van der Waals surface area contributed by atoms with Crippen molar-refractivity contribution in [3.8, 4) is 5.75 Å². The van der Waals surface area contributed by atoms with Crippen LogP contribution in [0.2, 0.25) is 0 Å². The van der Waals surface area contributed by atoms with Gasteiger partial charge in [-0.25, -0.2) is 0 Å². The third kappa shape index (κ3) is 9.05. The minimum Gasteiger partial charge on any atom is -0.484 e. The number of nitrogens with zero attached hydrogens (tertiary/aromatic N) is 1. The van der Waals surface area contributed by atoms with Crippen molar-refractivity contribution in [2.45, 2.75) is 19.4 Å². The molecule has 1 rings (SSSR count). The van der Waals surface area contributed by atoms with Crippen LogP contribution in [0.15, 0.2) is 24.3 Å². The molecule has 0 aliphatic carbocycles. The molecular weight excluding hydrogens is 318 g/mol. The van der Waals surface area contributed by atoms with Gasteiger partial charge in [-0.3, -0.25) is 9.59 Å². The normalized spacial score (nSPS) is 9.70. The standard InChI is InChI=1S/C16H25N3O3.ClH/c1-17-9-5-8-15(20)18-11-13-6-4-7-14(10-13)22-12-16(21)19(2)3;/h4,6-7,10,17H,5,8-9,11-12H2,1-3H3,(H,18,20);1H. The Bertz CT molecular complexity index is 495. The zero-order valence-electron chi connectivity index (χ0n) is 13.9. The lowest BCUT2D eigenvalue weighted by Gasteiger charge is -2.12. The Morgan fingerprint density at radius 2 is 2.00 bits per heavy atom. The van der Waals surface area contributed by atoms with Gasteiger partial charge < -0.3 is 20.3 Å². The lowest BCUT2D eigenvalue weighted by molar-refractivity contribution is -0.130. The minimum atomic E-state index is -0.0942. The maximum Gasteiger partial charge on any atom is 0.259 e. The summed E-state index contributed by atoms with van der Waals surface area (Å²) >= 11 is 0. The summed E-state index contributed by atoms with van der Waals surface area (Å²) in [4.78, 5) is 24.6. The van der Waals surface area contributed by atoms with E-state index in [0.29, 0.717) is 18.7 Å². The fraction of sp³-hybridized carbons (Fsp3) is 0.500. The summed E-state index contributed by atoms with van der Waals surface area (Å²) < 4.78 is 5.44. The molecule has 130 valence electrons. The molecule has 23 heavy (non-hydrogen) atoms. The number of likely N-dealkylation sites (N-methyl/N-ethyl adjacent to an activating group) is 1. The first-order valence-corrected chi connectivity index (χ1v) is 7.36. The molecule has 2 amide bonds. The van der Waals surface area contributed by atoms with Gasteiger partial charge in [0.15, 0.2) is 6.61 Å². The Labute approximate surface area is 144 Å². The molecule has 0 heterocycles. The Morgan fingerprint density at radius 3 is 2.65 bits per heavy atom. The van der Waals surface area contributed by atoms with Crippen LogP contribution in [-0.4, -0.2) is 51.0 Å². The lowest BCUT2D eigenvalue weighted by Crippen LogP contribution is -2.27. The second-order valence-corrected chi connectivity index (χ2v) is 5.21. The maximum atomic E-state index is 11.6. The number of hydrogen-bond acceptors (Lipinski definition) is 4. The summed E-state index contributed by atoms with van der Waals surface area (Å²) in [5.74, 6) is 0.560. The van der Waals surface area contributed by atoms with E-state index in [1.54, 1.807) is 20.2 Å². The third-order valence-electron chi connectivity index (χ3n) is 3.08. The monoisotopic (exact) mass is 343 g/mol. The minimum absolute atomic E-state index is 0. The second-order valence-electron chi connectivity index (χ2n) is 5.21. The molecule has 0 aromatic heterocycles. The van der Waals surface area contributed by atoms with E-state index in [-0.39, 0.29) is 30.8 Å². The number of carbonyl (C=O) groups excluding carboxylic acids is 2. The average molecular weight is 344 g/mol. The van der Waals surface area contributed by atoms with Crippen molar-refractivity contribution < 1.29 is 14.3 Å². The van der Waals surface area contributed by atoms with Crippen molar-refractivity contribution in [1.29, 1.82) is 0 Å². The zero-order chi connectivity index (χ0) is 16.4. The van der Waals surface area contributed by atoms with Gasteiger partial charge in [0.1, 0.15) is 5.75 Å². The molecule has 0 aliphatic rings. The number of rotatable bonds is 9. The van der Waals surface area contributed by atoms with Gasteiger partial charge in [-0.15, -0.1) is 12.4 Å². The molecule has 6 nitrogen and oxygen atoms in total. The van der Waals surface area contributed by atoms with E-state index in [0.717, 1.165) is 18.5 Å². The molecule has 7 heteroatoms. The van der Waals surface area contributed by atoms with Crippen LogP contribution in [0.25, 0.3) is 0 Å². The van der Waals surface area contributed by atoms with E-state index in [1.807, 2.05) is 25.2 Å². The number of hydrogen-bond donors (Lipinski definition) is 2. The van der Waals surface area contributed by atoms with E-state index in [9.17, 15) is 9.59 Å². The first-order valence-electron chi connectivity index (χ1n) is 7.36. The molecule has 0 bridgehead atoms. The molecule has 2 N–H and O–H groups in total. The first-order chi connectivity index (χ1) is 10.5. The largest absolute Gasteiger partial charge is 0.484 e. The molecule has 0 aliphatic heterocycles. The van der Waals surface area contributed by atoms with Crippen LogP contribution in [0.4, 0.5) is 0 Å². The molecule has 0 fully saturated rings. The van der Waals surface area contributed by atoms with Crippen LogP contribution >= 0.6 is 12.4 Å². The highest BCUT2D eigenvalue weighted by molar-refractivity contribution is 5.85. The summed E-state index contributed by atoms with van der Waals surface area (Å²) in [7, 11) is 5.24. The SMILES string of the molecule is CNCCCC(=O)NCc1cccc(OCC(=O)N(C)C)c1.Cl. The highest BCUT2D eigenvalue weighted by atomic mass is 35.5. The smallest absolute Gasteiger partial charge is 0.259 e. The van der Waals surface area contributed by atoms with Gasteiger partial charge in [-0.2, -0.15) is 0 Å². The van der Waals surface area contributed by atoms with Gasteiger partial charge in [0.2, 0.25) is 5.91 Å². The second kappa shape index (κ2) is 11.7. The van der Waals surface area contributed by atoms with Crippen molar-refractivity contribution in [3.63, 3.8) is 0 Å². The van der Waals surface area contributed by atoms with Crippen molar-refractivity contribution in [2.75, 3.05) is 34.3 Å². The van der Waals surface area contributed by atoms with Gasteiger partial charge in [0, 0.05) is 27.1 Å². The van der Waals surface area contributed by atoms with Gasteiger partial charge in [-0.05, 0) is 37.7 Å². The Morgan fingerprint density at radius 1 is 1.26 bits per heavy atom. The van der Waals surface area contributed by atoms with Crippen LogP contribution in [0.3, 0.4) is 0 Å². The molecule has 1 aromatic rings. The summed E-state index contributed by atoms with van der Waals surface area (Å²) in [5.41, 5.74) is 0.941. The fourth-order valence-electron chi connectivity index (χ4n) is 1.73. The van der Waals surface area contributed by atoms with Crippen molar-refractivity contribution >= 4 is 24.2 Å². The molecule has 1 aromatic carbocycles.